The number of carbonyl (C=O) groups excluding carboxylic acids is 2. The van der Waals surface area contributed by atoms with Crippen LogP contribution in [0.3, 0.4) is 0 Å². The number of aromatic nitrogens is 2. The highest BCUT2D eigenvalue weighted by Crippen LogP contribution is 2.26. The van der Waals surface area contributed by atoms with Crippen molar-refractivity contribution in [2.24, 2.45) is 0 Å². The van der Waals surface area contributed by atoms with E-state index < -0.39 is 18.6 Å². The van der Waals surface area contributed by atoms with Gasteiger partial charge < -0.3 is 15.0 Å². The molecule has 0 saturated carbocycles. The number of aryl methyl sites for hydroxylation is 1. The number of amides is 2. The third-order valence-corrected chi connectivity index (χ3v) is 4.57. The fourth-order valence-corrected chi connectivity index (χ4v) is 3.28. The molecule has 0 bridgehead atoms. The maximum absolute atomic E-state index is 12.9. The summed E-state index contributed by atoms with van der Waals surface area (Å²) < 4.78 is 31.4. The molecule has 1 unspecified atom stereocenters. The highest BCUT2D eigenvalue weighted by Gasteiger charge is 2.35. The second-order valence-corrected chi connectivity index (χ2v) is 6.44. The Kier molecular flexibility index (Phi) is 6.57. The predicted octanol–water partition coefficient (Wildman–Crippen LogP) is 2.30. The van der Waals surface area contributed by atoms with E-state index in [9.17, 15) is 18.4 Å². The van der Waals surface area contributed by atoms with Gasteiger partial charge in [0.2, 0.25) is 5.91 Å². The zero-order valence-corrected chi connectivity index (χ0v) is 15.3. The average Bonchev–Trinajstić information content (AvgIpc) is 3.36. The number of para-hydroxylation sites is 1. The molecule has 1 N–H and O–H groups in total. The number of hydrogen-bond donors (Lipinski definition) is 1. The van der Waals surface area contributed by atoms with Crippen LogP contribution in [0.1, 0.15) is 29.6 Å². The molecule has 3 rings (SSSR count). The number of hydrogen-bond acceptors (Lipinski definition) is 4. The van der Waals surface area contributed by atoms with Crippen molar-refractivity contribution in [1.29, 1.82) is 0 Å². The molecule has 1 aromatic carbocycles. The Morgan fingerprint density at radius 2 is 2.11 bits per heavy atom. The first kappa shape index (κ1) is 19.8. The van der Waals surface area contributed by atoms with Gasteiger partial charge in [0.1, 0.15) is 11.8 Å². The van der Waals surface area contributed by atoms with Gasteiger partial charge in [0.05, 0.1) is 5.56 Å². The monoisotopic (exact) mass is 392 g/mol. The van der Waals surface area contributed by atoms with Crippen molar-refractivity contribution in [3.05, 3.63) is 48.3 Å². The number of likely N-dealkylation sites (tertiary alicyclic amines) is 1. The summed E-state index contributed by atoms with van der Waals surface area (Å²) in [5, 5.41) is 6.94. The SMILES string of the molecule is O=C(NCCCn1cccn1)C1CCCN1C(=O)c1ccccc1OC(F)F. The van der Waals surface area contributed by atoms with Crippen molar-refractivity contribution >= 4 is 11.8 Å². The van der Waals surface area contributed by atoms with Crippen LogP contribution in [0.5, 0.6) is 5.75 Å². The van der Waals surface area contributed by atoms with Crippen LogP contribution < -0.4 is 10.1 Å². The molecule has 2 heterocycles. The first-order valence-corrected chi connectivity index (χ1v) is 9.16. The third kappa shape index (κ3) is 4.85. The molecule has 0 radical (unpaired) electrons. The van der Waals surface area contributed by atoms with Crippen molar-refractivity contribution in [2.45, 2.75) is 38.5 Å². The Hall–Kier alpha value is -2.97. The molecule has 1 saturated heterocycles. The van der Waals surface area contributed by atoms with Gasteiger partial charge in [0, 0.05) is 32.0 Å². The van der Waals surface area contributed by atoms with E-state index in [0.717, 1.165) is 0 Å². The van der Waals surface area contributed by atoms with Gasteiger partial charge in [-0.25, -0.2) is 0 Å². The molecule has 9 heteroatoms. The van der Waals surface area contributed by atoms with Crippen LogP contribution in [0.4, 0.5) is 8.78 Å². The summed E-state index contributed by atoms with van der Waals surface area (Å²) in [5.74, 6) is -0.906. The summed E-state index contributed by atoms with van der Waals surface area (Å²) in [6.45, 7) is -1.49. The summed E-state index contributed by atoms with van der Waals surface area (Å²) in [6, 6.07) is 7.05. The fraction of sp³-hybridized carbons (Fsp3) is 0.421. The molecule has 0 aliphatic carbocycles. The molecule has 2 amide bonds. The highest BCUT2D eigenvalue weighted by atomic mass is 19.3. The van der Waals surface area contributed by atoms with E-state index in [0.29, 0.717) is 38.9 Å². The maximum atomic E-state index is 12.9. The average molecular weight is 392 g/mol. The molecular weight excluding hydrogens is 370 g/mol. The highest BCUT2D eigenvalue weighted by molar-refractivity contribution is 6.00. The zero-order valence-electron chi connectivity index (χ0n) is 15.3. The van der Waals surface area contributed by atoms with E-state index >= 15 is 0 Å². The van der Waals surface area contributed by atoms with E-state index in [1.54, 1.807) is 16.9 Å². The summed E-state index contributed by atoms with van der Waals surface area (Å²) in [5.41, 5.74) is 0.0289. The molecule has 150 valence electrons. The van der Waals surface area contributed by atoms with Crippen LogP contribution in [-0.2, 0) is 11.3 Å². The van der Waals surface area contributed by atoms with Crippen molar-refractivity contribution in [2.75, 3.05) is 13.1 Å². The van der Waals surface area contributed by atoms with Crippen LogP contribution in [0.15, 0.2) is 42.7 Å². The minimum absolute atomic E-state index is 0.0289. The molecule has 0 spiro atoms. The predicted molar refractivity (Wildman–Crippen MR) is 97.0 cm³/mol. The molecule has 7 nitrogen and oxygen atoms in total. The summed E-state index contributed by atoms with van der Waals surface area (Å²) in [6.07, 6.45) is 5.46. The Balaban J connectivity index is 1.59. The maximum Gasteiger partial charge on any atom is 0.387 e. The zero-order chi connectivity index (χ0) is 19.9. The number of halogens is 2. The second-order valence-electron chi connectivity index (χ2n) is 6.44. The fourth-order valence-electron chi connectivity index (χ4n) is 3.28. The Morgan fingerprint density at radius 1 is 1.29 bits per heavy atom. The van der Waals surface area contributed by atoms with Crippen LogP contribution in [0, 0.1) is 0 Å². The van der Waals surface area contributed by atoms with Crippen LogP contribution >= 0.6 is 0 Å². The second kappa shape index (κ2) is 9.29. The number of nitrogens with zero attached hydrogens (tertiary/aromatic N) is 3. The first-order chi connectivity index (χ1) is 13.6. The van der Waals surface area contributed by atoms with E-state index in [-0.39, 0.29) is 17.2 Å². The number of nitrogens with one attached hydrogen (secondary N) is 1. The van der Waals surface area contributed by atoms with Gasteiger partial charge in [-0.1, -0.05) is 12.1 Å². The van der Waals surface area contributed by atoms with E-state index in [4.69, 9.17) is 0 Å². The lowest BCUT2D eigenvalue weighted by molar-refractivity contribution is -0.124. The van der Waals surface area contributed by atoms with Crippen molar-refractivity contribution < 1.29 is 23.1 Å². The molecule has 1 aliphatic heterocycles. The Morgan fingerprint density at radius 3 is 2.86 bits per heavy atom. The number of carbonyl (C=O) groups is 2. The number of alkyl halides is 2. The number of ether oxygens (including phenoxy) is 1. The van der Waals surface area contributed by atoms with Crippen molar-refractivity contribution in [3.63, 3.8) is 0 Å². The van der Waals surface area contributed by atoms with E-state index in [2.05, 4.69) is 15.2 Å². The quantitative estimate of drug-likeness (QED) is 0.700. The summed E-state index contributed by atoms with van der Waals surface area (Å²) >= 11 is 0. The van der Waals surface area contributed by atoms with Crippen LogP contribution in [0.2, 0.25) is 0 Å². The van der Waals surface area contributed by atoms with Gasteiger partial charge in [0.25, 0.3) is 5.91 Å². The van der Waals surface area contributed by atoms with Gasteiger partial charge in [-0.2, -0.15) is 13.9 Å². The standard InChI is InChI=1S/C19H22F2N4O3/c20-19(21)28-16-8-2-1-6-14(16)18(27)25-13-3-7-15(25)17(26)22-9-4-11-24-12-5-10-23-24/h1-2,5-6,8,10,12,15,19H,3-4,7,9,11,13H2,(H,22,26). The normalized spacial score (nSPS) is 16.4. The summed E-state index contributed by atoms with van der Waals surface area (Å²) in [7, 11) is 0. The lowest BCUT2D eigenvalue weighted by atomic mass is 10.1. The minimum Gasteiger partial charge on any atom is -0.434 e. The smallest absolute Gasteiger partial charge is 0.387 e. The lowest BCUT2D eigenvalue weighted by Gasteiger charge is -2.25. The molecule has 1 aromatic heterocycles. The van der Waals surface area contributed by atoms with Gasteiger partial charge in [-0.15, -0.1) is 0 Å². The van der Waals surface area contributed by atoms with Gasteiger partial charge in [0.15, 0.2) is 0 Å². The van der Waals surface area contributed by atoms with Crippen molar-refractivity contribution in [1.82, 2.24) is 20.0 Å². The molecule has 1 atom stereocenters. The first-order valence-electron chi connectivity index (χ1n) is 9.16. The minimum atomic E-state index is -3.03. The van der Waals surface area contributed by atoms with Gasteiger partial charge in [-0.3, -0.25) is 14.3 Å². The molecule has 1 aliphatic rings. The van der Waals surface area contributed by atoms with Crippen LogP contribution in [0.25, 0.3) is 0 Å². The molecule has 2 aromatic rings. The van der Waals surface area contributed by atoms with Crippen molar-refractivity contribution in [3.8, 4) is 5.75 Å². The third-order valence-electron chi connectivity index (χ3n) is 4.57. The Labute approximate surface area is 161 Å². The lowest BCUT2D eigenvalue weighted by Crippen LogP contribution is -2.46. The van der Waals surface area contributed by atoms with Crippen LogP contribution in [-0.4, -0.2) is 52.2 Å². The van der Waals surface area contributed by atoms with E-state index in [1.807, 2.05) is 12.3 Å². The number of benzene rings is 1. The largest absolute Gasteiger partial charge is 0.434 e. The number of rotatable bonds is 8. The molecule has 1 fully saturated rings. The molecule has 28 heavy (non-hydrogen) atoms. The topological polar surface area (TPSA) is 76.5 Å². The van der Waals surface area contributed by atoms with Gasteiger partial charge >= 0.3 is 6.61 Å². The van der Waals surface area contributed by atoms with Gasteiger partial charge in [-0.05, 0) is 37.5 Å². The van der Waals surface area contributed by atoms with E-state index in [1.165, 1.54) is 23.1 Å². The summed E-state index contributed by atoms with van der Waals surface area (Å²) in [4.78, 5) is 26.8. The Bertz CT molecular complexity index is 798. The molecular formula is C19H22F2N4O3.